The molecule has 0 radical (unpaired) electrons. The van der Waals surface area contributed by atoms with Gasteiger partial charge in [0.05, 0.1) is 0 Å². The van der Waals surface area contributed by atoms with Gasteiger partial charge in [0, 0.05) is 11.8 Å². The molecule has 1 saturated carbocycles. The first-order valence-corrected chi connectivity index (χ1v) is 5.78. The molecule has 0 aromatic rings. The van der Waals surface area contributed by atoms with Crippen molar-refractivity contribution in [1.82, 2.24) is 5.32 Å². The average molecular weight is 171 g/mol. The average Bonchev–Trinajstić information content (AvgIpc) is 2.73. The Morgan fingerprint density at radius 2 is 2.27 bits per heavy atom. The topological polar surface area (TPSA) is 12.0 Å². The number of hydrogen-bond donors (Lipinski definition) is 1. The second-order valence-corrected chi connectivity index (χ2v) is 5.24. The summed E-state index contributed by atoms with van der Waals surface area (Å²) in [4.78, 5) is 0. The lowest BCUT2D eigenvalue weighted by Crippen LogP contribution is -2.37. The highest BCUT2D eigenvalue weighted by atomic mass is 32.2. The van der Waals surface area contributed by atoms with Gasteiger partial charge < -0.3 is 5.32 Å². The van der Waals surface area contributed by atoms with Crippen molar-refractivity contribution in [2.45, 2.75) is 32.2 Å². The van der Waals surface area contributed by atoms with Crippen molar-refractivity contribution in [2.24, 2.45) is 5.41 Å². The predicted octanol–water partition coefficient (Wildman–Crippen LogP) is 1.88. The third-order valence-electron chi connectivity index (χ3n) is 3.02. The van der Waals surface area contributed by atoms with Crippen LogP contribution in [0.3, 0.4) is 0 Å². The van der Waals surface area contributed by atoms with Crippen molar-refractivity contribution in [3.8, 4) is 0 Å². The Labute approximate surface area is 73.3 Å². The van der Waals surface area contributed by atoms with E-state index in [-0.39, 0.29) is 0 Å². The highest BCUT2D eigenvalue weighted by Crippen LogP contribution is 2.49. The first kappa shape index (κ1) is 7.93. The highest BCUT2D eigenvalue weighted by Gasteiger charge is 2.44. The van der Waals surface area contributed by atoms with Gasteiger partial charge in [0.25, 0.3) is 0 Å². The number of hydrogen-bond acceptors (Lipinski definition) is 2. The highest BCUT2D eigenvalue weighted by molar-refractivity contribution is 7.99. The van der Waals surface area contributed by atoms with E-state index in [1.807, 2.05) is 0 Å². The van der Waals surface area contributed by atoms with Crippen molar-refractivity contribution in [3.63, 3.8) is 0 Å². The van der Waals surface area contributed by atoms with Crippen LogP contribution in [-0.2, 0) is 0 Å². The van der Waals surface area contributed by atoms with Crippen LogP contribution in [0, 0.1) is 5.41 Å². The van der Waals surface area contributed by atoms with E-state index in [1.165, 1.54) is 37.3 Å². The Kier molecular flexibility index (Phi) is 2.15. The van der Waals surface area contributed by atoms with Gasteiger partial charge in [0.15, 0.2) is 0 Å². The van der Waals surface area contributed by atoms with Gasteiger partial charge in [0.2, 0.25) is 0 Å². The quantitative estimate of drug-likeness (QED) is 0.646. The zero-order valence-electron chi connectivity index (χ0n) is 7.23. The summed E-state index contributed by atoms with van der Waals surface area (Å²) >= 11 is 2.13. The molecular formula is C9H17NS. The molecule has 1 unspecified atom stereocenters. The zero-order valence-corrected chi connectivity index (χ0v) is 8.04. The number of thioether (sulfide) groups is 1. The van der Waals surface area contributed by atoms with E-state index in [1.54, 1.807) is 0 Å². The van der Waals surface area contributed by atoms with Crippen LogP contribution in [0.25, 0.3) is 0 Å². The standard InChI is InChI=1S/C9H17NS/c1-9(3-4-9)8-7-11-6-2-5-10-8/h8,10H,2-7H2,1H3. The van der Waals surface area contributed by atoms with Gasteiger partial charge in [-0.3, -0.25) is 0 Å². The third kappa shape index (κ3) is 1.73. The molecular weight excluding hydrogens is 154 g/mol. The Morgan fingerprint density at radius 3 is 3.00 bits per heavy atom. The molecule has 1 aliphatic heterocycles. The maximum atomic E-state index is 3.66. The molecule has 2 heteroatoms. The Morgan fingerprint density at radius 1 is 1.45 bits per heavy atom. The molecule has 0 aromatic carbocycles. The lowest BCUT2D eigenvalue weighted by molar-refractivity contribution is 0.392. The lowest BCUT2D eigenvalue weighted by atomic mass is 10.0. The second kappa shape index (κ2) is 2.98. The van der Waals surface area contributed by atoms with Crippen molar-refractivity contribution in [3.05, 3.63) is 0 Å². The molecule has 1 nitrogen and oxygen atoms in total. The third-order valence-corrected chi connectivity index (χ3v) is 4.17. The van der Waals surface area contributed by atoms with E-state index in [2.05, 4.69) is 24.0 Å². The molecule has 1 saturated heterocycles. The predicted molar refractivity (Wildman–Crippen MR) is 51.1 cm³/mol. The maximum Gasteiger partial charge on any atom is 0.0211 e. The van der Waals surface area contributed by atoms with Crippen LogP contribution in [0.15, 0.2) is 0 Å². The number of nitrogens with one attached hydrogen (secondary N) is 1. The van der Waals surface area contributed by atoms with E-state index in [0.717, 1.165) is 6.04 Å². The van der Waals surface area contributed by atoms with E-state index < -0.39 is 0 Å². The van der Waals surface area contributed by atoms with Crippen LogP contribution in [0.4, 0.5) is 0 Å². The monoisotopic (exact) mass is 171 g/mol. The minimum Gasteiger partial charge on any atom is -0.313 e. The minimum atomic E-state index is 0.678. The lowest BCUT2D eigenvalue weighted by Gasteiger charge is -2.21. The van der Waals surface area contributed by atoms with Gasteiger partial charge >= 0.3 is 0 Å². The smallest absolute Gasteiger partial charge is 0.0211 e. The summed E-state index contributed by atoms with van der Waals surface area (Å²) in [5, 5.41) is 3.66. The van der Waals surface area contributed by atoms with E-state index >= 15 is 0 Å². The Hall–Kier alpha value is 0.310. The fraction of sp³-hybridized carbons (Fsp3) is 1.00. The van der Waals surface area contributed by atoms with Gasteiger partial charge in [-0.1, -0.05) is 6.92 Å². The molecule has 1 atom stereocenters. The van der Waals surface area contributed by atoms with Crippen molar-refractivity contribution in [2.75, 3.05) is 18.1 Å². The van der Waals surface area contributed by atoms with Gasteiger partial charge in [0.1, 0.15) is 0 Å². The first-order valence-electron chi connectivity index (χ1n) is 4.62. The molecule has 1 heterocycles. The van der Waals surface area contributed by atoms with Crippen LogP contribution in [0.1, 0.15) is 26.2 Å². The summed E-state index contributed by atoms with van der Waals surface area (Å²) in [6.45, 7) is 3.67. The molecule has 2 fully saturated rings. The van der Waals surface area contributed by atoms with Crippen LogP contribution in [-0.4, -0.2) is 24.1 Å². The van der Waals surface area contributed by atoms with Crippen molar-refractivity contribution in [1.29, 1.82) is 0 Å². The van der Waals surface area contributed by atoms with Gasteiger partial charge in [-0.15, -0.1) is 0 Å². The summed E-state index contributed by atoms with van der Waals surface area (Å²) in [5.41, 5.74) is 0.678. The van der Waals surface area contributed by atoms with Gasteiger partial charge in [-0.25, -0.2) is 0 Å². The molecule has 0 aromatic heterocycles. The fourth-order valence-electron chi connectivity index (χ4n) is 1.70. The second-order valence-electron chi connectivity index (χ2n) is 4.09. The molecule has 2 aliphatic rings. The normalized spacial score (nSPS) is 36.3. The molecule has 0 amide bonds. The van der Waals surface area contributed by atoms with Crippen molar-refractivity contribution < 1.29 is 0 Å². The molecule has 11 heavy (non-hydrogen) atoms. The van der Waals surface area contributed by atoms with E-state index in [9.17, 15) is 0 Å². The maximum absolute atomic E-state index is 3.66. The molecule has 64 valence electrons. The van der Waals surface area contributed by atoms with Crippen LogP contribution < -0.4 is 5.32 Å². The summed E-state index contributed by atoms with van der Waals surface area (Å²) in [5.74, 6) is 2.70. The molecule has 1 N–H and O–H groups in total. The van der Waals surface area contributed by atoms with Crippen molar-refractivity contribution >= 4 is 11.8 Å². The number of rotatable bonds is 1. The zero-order chi connectivity index (χ0) is 7.73. The Bertz CT molecular complexity index is 134. The molecule has 0 bridgehead atoms. The summed E-state index contributed by atoms with van der Waals surface area (Å²) in [7, 11) is 0. The largest absolute Gasteiger partial charge is 0.313 e. The molecule has 2 rings (SSSR count). The SMILES string of the molecule is CC1(C2CSCCCN2)CC1. The van der Waals surface area contributed by atoms with Gasteiger partial charge in [-0.2, -0.15) is 11.8 Å². The Balaban J connectivity index is 1.90. The summed E-state index contributed by atoms with van der Waals surface area (Å²) in [6.07, 6.45) is 4.26. The van der Waals surface area contributed by atoms with E-state index in [0.29, 0.717) is 5.41 Å². The molecule has 0 spiro atoms. The first-order chi connectivity index (χ1) is 5.31. The summed E-state index contributed by atoms with van der Waals surface area (Å²) < 4.78 is 0. The van der Waals surface area contributed by atoms with Crippen LogP contribution in [0.2, 0.25) is 0 Å². The fourth-order valence-corrected chi connectivity index (χ4v) is 2.97. The van der Waals surface area contributed by atoms with Crippen LogP contribution >= 0.6 is 11.8 Å². The van der Waals surface area contributed by atoms with Crippen LogP contribution in [0.5, 0.6) is 0 Å². The summed E-state index contributed by atoms with van der Waals surface area (Å²) in [6, 6.07) is 0.815. The minimum absolute atomic E-state index is 0.678. The van der Waals surface area contributed by atoms with Gasteiger partial charge in [-0.05, 0) is 37.0 Å². The molecule has 1 aliphatic carbocycles. The van der Waals surface area contributed by atoms with E-state index in [4.69, 9.17) is 0 Å².